The topological polar surface area (TPSA) is 39.2 Å². The molecule has 0 fully saturated rings. The van der Waals surface area contributed by atoms with Gasteiger partial charge in [0, 0.05) is 0 Å². The first kappa shape index (κ1) is 10.0. The number of alkyl halides is 3. The van der Waals surface area contributed by atoms with E-state index in [0.717, 1.165) is 6.07 Å². The Balaban J connectivity index is 2.81. The van der Waals surface area contributed by atoms with Crippen LogP contribution in [0.3, 0.4) is 0 Å². The van der Waals surface area contributed by atoms with Gasteiger partial charge in [-0.05, 0) is 12.1 Å². The molecule has 1 rings (SSSR count). The molecule has 0 spiro atoms. The molecule has 13 heavy (non-hydrogen) atoms. The summed E-state index contributed by atoms with van der Waals surface area (Å²) >= 11 is 4.52. The van der Waals surface area contributed by atoms with Gasteiger partial charge in [0.15, 0.2) is 0 Å². The molecule has 72 valence electrons. The summed E-state index contributed by atoms with van der Waals surface area (Å²) in [6.07, 6.45) is -4.40. The maximum absolute atomic E-state index is 12.0. The van der Waals surface area contributed by atoms with Crippen LogP contribution in [0.2, 0.25) is 0 Å². The van der Waals surface area contributed by atoms with Gasteiger partial charge in [0.25, 0.3) is 0 Å². The molecule has 0 bridgehead atoms. The first-order valence-corrected chi connectivity index (χ1v) is 3.74. The van der Waals surface area contributed by atoms with Gasteiger partial charge in [-0.25, -0.2) is 0 Å². The minimum absolute atomic E-state index is 0.0470. The number of hydrogen-bond acceptors (Lipinski definition) is 2. The molecule has 0 radical (unpaired) electrons. The lowest BCUT2D eigenvalue weighted by molar-refractivity contribution is -0.153. The Morgan fingerprint density at radius 3 is 2.46 bits per heavy atom. The van der Waals surface area contributed by atoms with Crippen molar-refractivity contribution in [1.29, 1.82) is 0 Å². The van der Waals surface area contributed by atoms with E-state index in [1.54, 1.807) is 0 Å². The lowest BCUT2D eigenvalue weighted by atomic mass is 10.3. The van der Waals surface area contributed by atoms with Crippen molar-refractivity contribution < 1.29 is 17.6 Å². The highest BCUT2D eigenvalue weighted by Gasteiger charge is 2.34. The van der Waals surface area contributed by atoms with Gasteiger partial charge in [-0.2, -0.15) is 13.2 Å². The highest BCUT2D eigenvalue weighted by atomic mass is 32.1. The van der Waals surface area contributed by atoms with Gasteiger partial charge < -0.3 is 10.2 Å². The lowest BCUT2D eigenvalue weighted by Crippen LogP contribution is -2.10. The Labute approximate surface area is 77.5 Å². The molecular formula is C7H6F3NOS. The second kappa shape index (κ2) is 3.37. The van der Waals surface area contributed by atoms with Crippen LogP contribution in [0.1, 0.15) is 11.5 Å². The van der Waals surface area contributed by atoms with Crippen LogP contribution < -0.4 is 5.73 Å². The Bertz CT molecular complexity index is 318. The van der Waals surface area contributed by atoms with E-state index in [2.05, 4.69) is 16.6 Å². The van der Waals surface area contributed by atoms with E-state index < -0.39 is 11.9 Å². The molecule has 2 N–H and O–H groups in total. The van der Waals surface area contributed by atoms with Crippen molar-refractivity contribution in [3.05, 3.63) is 23.7 Å². The zero-order valence-electron chi connectivity index (χ0n) is 6.39. The van der Waals surface area contributed by atoms with Crippen molar-refractivity contribution in [2.75, 3.05) is 0 Å². The molecule has 2 nitrogen and oxygen atoms in total. The standard InChI is InChI=1S/C7H6F3NOS/c8-7(9,10)5-2-1-4(12-5)3-6(11)13/h1-2H,3H2,(H2,11,13). The Hall–Kier alpha value is -1.04. The molecule has 0 amide bonds. The number of hydrogen-bond donors (Lipinski definition) is 1. The maximum Gasteiger partial charge on any atom is 0.449 e. The van der Waals surface area contributed by atoms with Crippen LogP contribution in [0, 0.1) is 0 Å². The average molecular weight is 209 g/mol. The van der Waals surface area contributed by atoms with Gasteiger partial charge in [-0.1, -0.05) is 12.2 Å². The maximum atomic E-state index is 12.0. The minimum atomic E-state index is -4.45. The first-order valence-electron chi connectivity index (χ1n) is 3.34. The Morgan fingerprint density at radius 1 is 1.46 bits per heavy atom. The minimum Gasteiger partial charge on any atom is -0.456 e. The van der Waals surface area contributed by atoms with Crippen molar-refractivity contribution in [2.24, 2.45) is 5.73 Å². The lowest BCUT2D eigenvalue weighted by Gasteiger charge is -2.00. The van der Waals surface area contributed by atoms with Crippen LogP contribution in [-0.4, -0.2) is 4.99 Å². The van der Waals surface area contributed by atoms with Crippen molar-refractivity contribution in [1.82, 2.24) is 0 Å². The molecule has 0 aromatic carbocycles. The summed E-state index contributed by atoms with van der Waals surface area (Å²) in [4.78, 5) is 0.100. The van der Waals surface area contributed by atoms with Crippen LogP contribution in [-0.2, 0) is 12.6 Å². The van der Waals surface area contributed by atoms with E-state index in [1.165, 1.54) is 6.07 Å². The van der Waals surface area contributed by atoms with Crippen molar-refractivity contribution in [2.45, 2.75) is 12.6 Å². The van der Waals surface area contributed by atoms with Gasteiger partial charge in [0.05, 0.1) is 11.4 Å². The third-order valence-corrected chi connectivity index (χ3v) is 1.43. The van der Waals surface area contributed by atoms with Crippen molar-refractivity contribution in [3.8, 4) is 0 Å². The summed E-state index contributed by atoms with van der Waals surface area (Å²) in [5.41, 5.74) is 5.13. The fourth-order valence-electron chi connectivity index (χ4n) is 0.797. The molecule has 1 heterocycles. The Morgan fingerprint density at radius 2 is 2.08 bits per heavy atom. The molecule has 0 atom stereocenters. The monoisotopic (exact) mass is 209 g/mol. The van der Waals surface area contributed by atoms with Gasteiger partial charge in [-0.3, -0.25) is 0 Å². The molecule has 0 aliphatic heterocycles. The summed E-state index contributed by atoms with van der Waals surface area (Å²) < 4.78 is 40.4. The van der Waals surface area contributed by atoms with E-state index in [0.29, 0.717) is 0 Å². The predicted octanol–water partition coefficient (Wildman–Crippen LogP) is 2.13. The smallest absolute Gasteiger partial charge is 0.449 e. The van der Waals surface area contributed by atoms with Gasteiger partial charge in [-0.15, -0.1) is 0 Å². The first-order chi connectivity index (χ1) is 5.89. The number of halogens is 3. The summed E-state index contributed by atoms with van der Waals surface area (Å²) in [6, 6.07) is 2.07. The summed E-state index contributed by atoms with van der Waals surface area (Å²) in [7, 11) is 0. The third-order valence-electron chi connectivity index (χ3n) is 1.29. The van der Waals surface area contributed by atoms with Gasteiger partial charge in [0.1, 0.15) is 5.76 Å². The zero-order valence-corrected chi connectivity index (χ0v) is 7.21. The average Bonchev–Trinajstić information content (AvgIpc) is 2.32. The largest absolute Gasteiger partial charge is 0.456 e. The van der Waals surface area contributed by atoms with E-state index in [4.69, 9.17) is 5.73 Å². The van der Waals surface area contributed by atoms with E-state index in [1.807, 2.05) is 0 Å². The highest BCUT2D eigenvalue weighted by Crippen LogP contribution is 2.30. The van der Waals surface area contributed by atoms with Crippen molar-refractivity contribution in [3.63, 3.8) is 0 Å². The SMILES string of the molecule is NC(=S)Cc1ccc(C(F)(F)F)o1. The van der Waals surface area contributed by atoms with Crippen LogP contribution in [0.4, 0.5) is 13.2 Å². The van der Waals surface area contributed by atoms with Gasteiger partial charge >= 0.3 is 6.18 Å². The predicted molar refractivity (Wildman–Crippen MR) is 44.2 cm³/mol. The summed E-state index contributed by atoms with van der Waals surface area (Å²) in [6.45, 7) is 0. The zero-order chi connectivity index (χ0) is 10.1. The normalized spacial score (nSPS) is 11.6. The second-order valence-corrected chi connectivity index (χ2v) is 2.93. The molecule has 0 aliphatic carbocycles. The van der Waals surface area contributed by atoms with E-state index >= 15 is 0 Å². The number of thiocarbonyl (C=S) groups is 1. The molecule has 0 aliphatic rings. The van der Waals surface area contributed by atoms with Gasteiger partial charge in [0.2, 0.25) is 5.76 Å². The molecule has 6 heteroatoms. The van der Waals surface area contributed by atoms with Crippen LogP contribution in [0.15, 0.2) is 16.5 Å². The van der Waals surface area contributed by atoms with Crippen LogP contribution in [0.25, 0.3) is 0 Å². The van der Waals surface area contributed by atoms with E-state index in [9.17, 15) is 13.2 Å². The molecular weight excluding hydrogens is 203 g/mol. The molecule has 0 saturated heterocycles. The third kappa shape index (κ3) is 2.73. The van der Waals surface area contributed by atoms with Crippen LogP contribution >= 0.6 is 12.2 Å². The summed E-state index contributed by atoms with van der Waals surface area (Å²) in [5, 5.41) is 0. The van der Waals surface area contributed by atoms with E-state index in [-0.39, 0.29) is 17.2 Å². The summed E-state index contributed by atoms with van der Waals surface area (Å²) in [5.74, 6) is -0.904. The fraction of sp³-hybridized carbons (Fsp3) is 0.286. The molecule has 0 unspecified atom stereocenters. The second-order valence-electron chi connectivity index (χ2n) is 2.41. The number of furan rings is 1. The van der Waals surface area contributed by atoms with Crippen LogP contribution in [0.5, 0.6) is 0 Å². The Kier molecular flexibility index (Phi) is 2.60. The molecule has 0 saturated carbocycles. The molecule has 1 aromatic rings. The molecule has 1 aromatic heterocycles. The fourth-order valence-corrected chi connectivity index (χ4v) is 0.939. The van der Waals surface area contributed by atoms with Crippen molar-refractivity contribution >= 4 is 17.2 Å². The highest BCUT2D eigenvalue weighted by molar-refractivity contribution is 7.80. The quantitative estimate of drug-likeness (QED) is 0.758. The number of nitrogens with two attached hydrogens (primary N) is 1. The number of rotatable bonds is 2.